The van der Waals surface area contributed by atoms with Crippen molar-refractivity contribution in [2.45, 2.75) is 19.0 Å². The molecule has 0 radical (unpaired) electrons. The van der Waals surface area contributed by atoms with Gasteiger partial charge < -0.3 is 29.7 Å². The first kappa shape index (κ1) is 22.7. The van der Waals surface area contributed by atoms with Crippen LogP contribution in [0.3, 0.4) is 0 Å². The van der Waals surface area contributed by atoms with Gasteiger partial charge in [0.25, 0.3) is 5.91 Å². The highest BCUT2D eigenvalue weighted by molar-refractivity contribution is 6.00. The van der Waals surface area contributed by atoms with E-state index in [1.165, 1.54) is 7.11 Å². The molecule has 1 aliphatic heterocycles. The summed E-state index contributed by atoms with van der Waals surface area (Å²) in [5.41, 5.74) is 2.19. The molecule has 1 saturated heterocycles. The van der Waals surface area contributed by atoms with Crippen LogP contribution in [0.4, 0.5) is 10.5 Å². The van der Waals surface area contributed by atoms with Crippen LogP contribution < -0.4 is 20.1 Å². The molecule has 2 N–H and O–H groups in total. The second-order valence-corrected chi connectivity index (χ2v) is 7.29. The number of benzene rings is 2. The average Bonchev–Trinajstić information content (AvgIpc) is 3.30. The van der Waals surface area contributed by atoms with Crippen LogP contribution in [-0.2, 0) is 11.3 Å². The van der Waals surface area contributed by atoms with Crippen LogP contribution in [0.5, 0.6) is 11.5 Å². The standard InChI is InChI=1S/C23H26N4O5/c1-30-20-7-5-16(11-21(20)31-2)13-25-22(28)18-10-15(12-24)4-6-19(18)26-17-8-9-27(14-17)23(29)32-3/h4-7,10-11,17,26H,8-9,13-14H2,1-3H3,(H,25,28)/t17-/m0/s1. The Labute approximate surface area is 186 Å². The van der Waals surface area contributed by atoms with E-state index in [-0.39, 0.29) is 24.6 Å². The van der Waals surface area contributed by atoms with Gasteiger partial charge in [-0.2, -0.15) is 5.26 Å². The molecule has 1 atom stereocenters. The number of nitriles is 1. The molecule has 1 fully saturated rings. The van der Waals surface area contributed by atoms with E-state index < -0.39 is 0 Å². The van der Waals surface area contributed by atoms with Crippen molar-refractivity contribution in [1.29, 1.82) is 5.26 Å². The first-order chi connectivity index (χ1) is 15.5. The molecule has 2 amide bonds. The summed E-state index contributed by atoms with van der Waals surface area (Å²) >= 11 is 0. The molecule has 2 aromatic carbocycles. The lowest BCUT2D eigenvalue weighted by Crippen LogP contribution is -2.32. The molecule has 1 aliphatic rings. The third-order valence-corrected chi connectivity index (χ3v) is 5.28. The third kappa shape index (κ3) is 5.21. The molecule has 3 rings (SSSR count). The molecule has 9 nitrogen and oxygen atoms in total. The van der Waals surface area contributed by atoms with Crippen molar-refractivity contribution in [3.8, 4) is 17.6 Å². The summed E-state index contributed by atoms with van der Waals surface area (Å²) in [5.74, 6) is 0.861. The Morgan fingerprint density at radius 3 is 2.59 bits per heavy atom. The maximum Gasteiger partial charge on any atom is 0.409 e. The van der Waals surface area contributed by atoms with Gasteiger partial charge in [0.05, 0.1) is 38.5 Å². The fourth-order valence-corrected chi connectivity index (χ4v) is 3.59. The van der Waals surface area contributed by atoms with Gasteiger partial charge in [0.15, 0.2) is 11.5 Å². The van der Waals surface area contributed by atoms with Crippen molar-refractivity contribution in [2.24, 2.45) is 0 Å². The average molecular weight is 438 g/mol. The van der Waals surface area contributed by atoms with E-state index >= 15 is 0 Å². The molecule has 0 unspecified atom stereocenters. The largest absolute Gasteiger partial charge is 0.493 e. The highest BCUT2D eigenvalue weighted by Gasteiger charge is 2.27. The van der Waals surface area contributed by atoms with Crippen LogP contribution >= 0.6 is 0 Å². The number of carbonyl (C=O) groups is 2. The Morgan fingerprint density at radius 2 is 1.91 bits per heavy atom. The van der Waals surface area contributed by atoms with E-state index in [4.69, 9.17) is 14.2 Å². The minimum atomic E-state index is -0.373. The van der Waals surface area contributed by atoms with Crippen LogP contribution in [-0.4, -0.2) is 57.4 Å². The molecule has 0 bridgehead atoms. The molecule has 2 aromatic rings. The Morgan fingerprint density at radius 1 is 1.12 bits per heavy atom. The van der Waals surface area contributed by atoms with E-state index in [1.54, 1.807) is 49.5 Å². The molecule has 1 heterocycles. The number of ether oxygens (including phenoxy) is 3. The van der Waals surface area contributed by atoms with Crippen LogP contribution in [0.2, 0.25) is 0 Å². The highest BCUT2D eigenvalue weighted by atomic mass is 16.5. The van der Waals surface area contributed by atoms with Crippen LogP contribution in [0.15, 0.2) is 36.4 Å². The van der Waals surface area contributed by atoms with Crippen LogP contribution in [0.25, 0.3) is 0 Å². The quantitative estimate of drug-likeness (QED) is 0.683. The minimum Gasteiger partial charge on any atom is -0.493 e. The topological polar surface area (TPSA) is 113 Å². The zero-order valence-corrected chi connectivity index (χ0v) is 18.3. The molecular formula is C23H26N4O5. The number of rotatable bonds is 7. The summed E-state index contributed by atoms with van der Waals surface area (Å²) in [6.07, 6.45) is 0.351. The van der Waals surface area contributed by atoms with E-state index in [2.05, 4.69) is 16.7 Å². The number of anilines is 1. The van der Waals surface area contributed by atoms with Crippen LogP contribution in [0.1, 0.15) is 27.9 Å². The van der Waals surface area contributed by atoms with Crippen molar-refractivity contribution in [3.63, 3.8) is 0 Å². The lowest BCUT2D eigenvalue weighted by Gasteiger charge is -2.18. The van der Waals surface area contributed by atoms with Crippen molar-refractivity contribution in [1.82, 2.24) is 10.2 Å². The monoisotopic (exact) mass is 438 g/mol. The summed E-state index contributed by atoms with van der Waals surface area (Å²) in [4.78, 5) is 26.3. The predicted octanol–water partition coefficient (Wildman–Crippen LogP) is 2.76. The van der Waals surface area contributed by atoms with E-state index in [0.29, 0.717) is 41.4 Å². The number of nitrogens with one attached hydrogen (secondary N) is 2. The molecule has 0 aromatic heterocycles. The molecule has 168 valence electrons. The second kappa shape index (κ2) is 10.4. The predicted molar refractivity (Wildman–Crippen MR) is 118 cm³/mol. The van der Waals surface area contributed by atoms with Gasteiger partial charge in [-0.15, -0.1) is 0 Å². The Kier molecular flexibility index (Phi) is 7.39. The van der Waals surface area contributed by atoms with Gasteiger partial charge in [-0.3, -0.25) is 4.79 Å². The first-order valence-electron chi connectivity index (χ1n) is 10.1. The summed E-state index contributed by atoms with van der Waals surface area (Å²) < 4.78 is 15.3. The lowest BCUT2D eigenvalue weighted by molar-refractivity contribution is 0.0951. The number of carbonyl (C=O) groups excluding carboxylic acids is 2. The van der Waals surface area contributed by atoms with Gasteiger partial charge in [-0.05, 0) is 42.3 Å². The number of hydrogen-bond acceptors (Lipinski definition) is 7. The summed E-state index contributed by atoms with van der Waals surface area (Å²) in [5, 5.41) is 15.5. The lowest BCUT2D eigenvalue weighted by atomic mass is 10.1. The molecule has 0 saturated carbocycles. The van der Waals surface area contributed by atoms with Crippen molar-refractivity contribution >= 4 is 17.7 Å². The summed E-state index contributed by atoms with van der Waals surface area (Å²) in [7, 11) is 4.46. The zero-order valence-electron chi connectivity index (χ0n) is 18.3. The van der Waals surface area contributed by atoms with Gasteiger partial charge in [-0.25, -0.2) is 4.79 Å². The fourth-order valence-electron chi connectivity index (χ4n) is 3.59. The Bertz CT molecular complexity index is 1030. The molecule has 9 heteroatoms. The van der Waals surface area contributed by atoms with Crippen molar-refractivity contribution < 1.29 is 23.8 Å². The first-order valence-corrected chi connectivity index (χ1v) is 10.1. The smallest absolute Gasteiger partial charge is 0.409 e. The van der Waals surface area contributed by atoms with Crippen molar-refractivity contribution in [2.75, 3.05) is 39.7 Å². The number of hydrogen-bond donors (Lipinski definition) is 2. The van der Waals surface area contributed by atoms with Gasteiger partial charge in [0.2, 0.25) is 0 Å². The second-order valence-electron chi connectivity index (χ2n) is 7.29. The maximum absolute atomic E-state index is 13.0. The van der Waals surface area contributed by atoms with Crippen LogP contribution in [0, 0.1) is 11.3 Å². The number of methoxy groups -OCH3 is 3. The summed E-state index contributed by atoms with van der Waals surface area (Å²) in [6.45, 7) is 1.32. The maximum atomic E-state index is 13.0. The number of nitrogens with zero attached hydrogens (tertiary/aromatic N) is 2. The van der Waals surface area contributed by atoms with Gasteiger partial charge >= 0.3 is 6.09 Å². The fraction of sp³-hybridized carbons (Fsp3) is 0.348. The van der Waals surface area contributed by atoms with Gasteiger partial charge in [-0.1, -0.05) is 6.07 Å². The van der Waals surface area contributed by atoms with E-state index in [1.807, 2.05) is 6.07 Å². The van der Waals surface area contributed by atoms with Gasteiger partial charge in [0, 0.05) is 31.4 Å². The van der Waals surface area contributed by atoms with Crippen molar-refractivity contribution in [3.05, 3.63) is 53.1 Å². The molecule has 0 spiro atoms. The summed E-state index contributed by atoms with van der Waals surface area (Å²) in [6, 6.07) is 12.4. The Balaban J connectivity index is 1.73. The molecule has 0 aliphatic carbocycles. The van der Waals surface area contributed by atoms with E-state index in [9.17, 15) is 14.9 Å². The Hall–Kier alpha value is -3.93. The zero-order chi connectivity index (χ0) is 23.1. The molecule has 32 heavy (non-hydrogen) atoms. The number of amides is 2. The van der Waals surface area contributed by atoms with E-state index in [0.717, 1.165) is 12.0 Å². The minimum absolute atomic E-state index is 0.0283. The van der Waals surface area contributed by atoms with Gasteiger partial charge in [0.1, 0.15) is 0 Å². The third-order valence-electron chi connectivity index (χ3n) is 5.28. The SMILES string of the molecule is COC(=O)N1CC[C@H](Nc2ccc(C#N)cc2C(=O)NCc2ccc(OC)c(OC)c2)C1. The number of likely N-dealkylation sites (tertiary alicyclic amines) is 1. The highest BCUT2D eigenvalue weighted by Crippen LogP contribution is 2.27. The normalized spacial score (nSPS) is 14.9. The molecular weight excluding hydrogens is 412 g/mol.